The van der Waals surface area contributed by atoms with E-state index in [-0.39, 0.29) is 5.91 Å². The van der Waals surface area contributed by atoms with Crippen LogP contribution in [0.1, 0.15) is 42.2 Å². The molecule has 3 heteroatoms. The minimum atomic E-state index is 0.0345. The highest BCUT2D eigenvalue weighted by molar-refractivity contribution is 6.01. The van der Waals surface area contributed by atoms with Gasteiger partial charge in [0, 0.05) is 24.5 Å². The fourth-order valence-corrected chi connectivity index (χ4v) is 2.57. The summed E-state index contributed by atoms with van der Waals surface area (Å²) < 4.78 is 1.99. The normalized spacial score (nSPS) is 10.9. The van der Waals surface area contributed by atoms with Crippen molar-refractivity contribution < 1.29 is 4.79 Å². The highest BCUT2D eigenvalue weighted by atomic mass is 16.1. The van der Waals surface area contributed by atoms with Gasteiger partial charge < -0.3 is 9.88 Å². The second kappa shape index (κ2) is 5.91. The maximum atomic E-state index is 12.3. The third kappa shape index (κ3) is 2.65. The number of rotatable bonds is 5. The number of nitrogens with zero attached hydrogens (tertiary/aromatic N) is 1. The van der Waals surface area contributed by atoms with E-state index in [1.807, 2.05) is 30.7 Å². The highest BCUT2D eigenvalue weighted by Crippen LogP contribution is 2.24. The Labute approximate surface area is 114 Å². The molecule has 1 amide bonds. The maximum absolute atomic E-state index is 12.3. The number of carbonyl (C=O) groups is 1. The first-order chi connectivity index (χ1) is 9.16. The van der Waals surface area contributed by atoms with Crippen LogP contribution in [0.25, 0.3) is 10.9 Å². The molecule has 102 valence electrons. The van der Waals surface area contributed by atoms with Crippen molar-refractivity contribution in [1.29, 1.82) is 0 Å². The minimum absolute atomic E-state index is 0.0345. The average molecular weight is 258 g/mol. The van der Waals surface area contributed by atoms with Gasteiger partial charge in [0.2, 0.25) is 0 Å². The molecule has 0 saturated carbocycles. The van der Waals surface area contributed by atoms with Gasteiger partial charge >= 0.3 is 0 Å². The van der Waals surface area contributed by atoms with Crippen LogP contribution in [-0.2, 0) is 7.05 Å². The number of hydrogen-bond acceptors (Lipinski definition) is 1. The molecular weight excluding hydrogens is 236 g/mol. The van der Waals surface area contributed by atoms with E-state index in [0.29, 0.717) is 0 Å². The number of hydrogen-bond donors (Lipinski definition) is 1. The number of para-hydroxylation sites is 1. The molecule has 0 atom stereocenters. The second-order valence-electron chi connectivity index (χ2n) is 5.01. The summed E-state index contributed by atoms with van der Waals surface area (Å²) in [7, 11) is 1.95. The predicted octanol–water partition coefficient (Wildman–Crippen LogP) is 3.41. The van der Waals surface area contributed by atoms with Crippen LogP contribution in [-0.4, -0.2) is 17.0 Å². The topological polar surface area (TPSA) is 34.0 Å². The summed E-state index contributed by atoms with van der Waals surface area (Å²) in [6.45, 7) is 4.94. The van der Waals surface area contributed by atoms with E-state index in [9.17, 15) is 4.79 Å². The lowest BCUT2D eigenvalue weighted by atomic mass is 10.1. The Hall–Kier alpha value is -1.77. The summed E-state index contributed by atoms with van der Waals surface area (Å²) in [6.07, 6.45) is 3.38. The molecular formula is C16H22N2O. The summed E-state index contributed by atoms with van der Waals surface area (Å²) in [6, 6.07) is 8.14. The standard InChI is InChI=1S/C16H22N2O/c1-4-5-8-11-17-16(19)15-12(2)13-9-6-7-10-14(13)18(15)3/h6-7,9-10H,4-5,8,11H2,1-3H3,(H,17,19). The third-order valence-electron chi connectivity index (χ3n) is 3.64. The van der Waals surface area contributed by atoms with Crippen LogP contribution in [0.2, 0.25) is 0 Å². The van der Waals surface area contributed by atoms with Crippen molar-refractivity contribution in [3.8, 4) is 0 Å². The molecule has 0 aliphatic heterocycles. The number of amides is 1. The van der Waals surface area contributed by atoms with E-state index in [1.165, 1.54) is 6.42 Å². The largest absolute Gasteiger partial charge is 0.351 e. The molecule has 1 aromatic heterocycles. The van der Waals surface area contributed by atoms with Gasteiger partial charge in [0.25, 0.3) is 5.91 Å². The van der Waals surface area contributed by atoms with E-state index in [0.717, 1.165) is 41.5 Å². The first kappa shape index (κ1) is 13.7. The molecule has 19 heavy (non-hydrogen) atoms. The van der Waals surface area contributed by atoms with Crippen molar-refractivity contribution in [2.45, 2.75) is 33.1 Å². The van der Waals surface area contributed by atoms with Crippen LogP contribution in [0.15, 0.2) is 24.3 Å². The lowest BCUT2D eigenvalue weighted by molar-refractivity contribution is 0.0944. The molecule has 1 heterocycles. The molecule has 0 aliphatic rings. The number of aromatic nitrogens is 1. The maximum Gasteiger partial charge on any atom is 0.268 e. The van der Waals surface area contributed by atoms with Crippen LogP contribution in [0.5, 0.6) is 0 Å². The second-order valence-corrected chi connectivity index (χ2v) is 5.01. The van der Waals surface area contributed by atoms with Crippen molar-refractivity contribution in [3.05, 3.63) is 35.5 Å². The number of unbranched alkanes of at least 4 members (excludes halogenated alkanes) is 2. The molecule has 0 unspecified atom stereocenters. The van der Waals surface area contributed by atoms with Crippen molar-refractivity contribution >= 4 is 16.8 Å². The van der Waals surface area contributed by atoms with Gasteiger partial charge in [0.05, 0.1) is 0 Å². The van der Waals surface area contributed by atoms with E-state index < -0.39 is 0 Å². The average Bonchev–Trinajstić information content (AvgIpc) is 2.68. The monoisotopic (exact) mass is 258 g/mol. The molecule has 1 aromatic carbocycles. The fraction of sp³-hybridized carbons (Fsp3) is 0.438. The van der Waals surface area contributed by atoms with Crippen molar-refractivity contribution in [2.24, 2.45) is 7.05 Å². The Morgan fingerprint density at radius 3 is 2.68 bits per heavy atom. The molecule has 0 aliphatic carbocycles. The lowest BCUT2D eigenvalue weighted by Crippen LogP contribution is -2.27. The predicted molar refractivity (Wildman–Crippen MR) is 79.5 cm³/mol. The quantitative estimate of drug-likeness (QED) is 0.819. The summed E-state index contributed by atoms with van der Waals surface area (Å²) in [4.78, 5) is 12.3. The van der Waals surface area contributed by atoms with Gasteiger partial charge in [-0.3, -0.25) is 4.79 Å². The lowest BCUT2D eigenvalue weighted by Gasteiger charge is -2.07. The summed E-state index contributed by atoms with van der Waals surface area (Å²) >= 11 is 0. The number of fused-ring (bicyclic) bond motifs is 1. The molecule has 0 bridgehead atoms. The zero-order valence-corrected chi connectivity index (χ0v) is 12.0. The van der Waals surface area contributed by atoms with Gasteiger partial charge in [-0.1, -0.05) is 38.0 Å². The van der Waals surface area contributed by atoms with Gasteiger partial charge in [-0.15, -0.1) is 0 Å². The van der Waals surface area contributed by atoms with Crippen molar-refractivity contribution in [1.82, 2.24) is 9.88 Å². The Balaban J connectivity index is 2.22. The number of carbonyl (C=O) groups excluding carboxylic acids is 1. The van der Waals surface area contributed by atoms with Gasteiger partial charge in [-0.25, -0.2) is 0 Å². The van der Waals surface area contributed by atoms with E-state index >= 15 is 0 Å². The highest BCUT2D eigenvalue weighted by Gasteiger charge is 2.17. The smallest absolute Gasteiger partial charge is 0.268 e. The molecule has 3 nitrogen and oxygen atoms in total. The summed E-state index contributed by atoms with van der Waals surface area (Å²) in [5, 5.41) is 4.17. The van der Waals surface area contributed by atoms with Crippen LogP contribution >= 0.6 is 0 Å². The molecule has 0 spiro atoms. The molecule has 0 radical (unpaired) electrons. The van der Waals surface area contributed by atoms with E-state index in [2.05, 4.69) is 24.4 Å². The van der Waals surface area contributed by atoms with Gasteiger partial charge in [-0.2, -0.15) is 0 Å². The van der Waals surface area contributed by atoms with Crippen LogP contribution in [0, 0.1) is 6.92 Å². The fourth-order valence-electron chi connectivity index (χ4n) is 2.57. The Kier molecular flexibility index (Phi) is 4.25. The summed E-state index contributed by atoms with van der Waals surface area (Å²) in [5.74, 6) is 0.0345. The zero-order valence-electron chi connectivity index (χ0n) is 12.0. The minimum Gasteiger partial charge on any atom is -0.351 e. The Morgan fingerprint density at radius 2 is 2.00 bits per heavy atom. The van der Waals surface area contributed by atoms with E-state index in [4.69, 9.17) is 0 Å². The SMILES string of the molecule is CCCCCNC(=O)c1c(C)c2ccccc2n1C. The van der Waals surface area contributed by atoms with E-state index in [1.54, 1.807) is 0 Å². The molecule has 1 N–H and O–H groups in total. The van der Waals surface area contributed by atoms with Crippen molar-refractivity contribution in [3.63, 3.8) is 0 Å². The van der Waals surface area contributed by atoms with Gasteiger partial charge in [0.1, 0.15) is 5.69 Å². The van der Waals surface area contributed by atoms with Gasteiger partial charge in [-0.05, 0) is 25.0 Å². The molecule has 2 rings (SSSR count). The van der Waals surface area contributed by atoms with Crippen LogP contribution < -0.4 is 5.32 Å². The first-order valence-corrected chi connectivity index (χ1v) is 6.99. The van der Waals surface area contributed by atoms with Crippen LogP contribution in [0.3, 0.4) is 0 Å². The first-order valence-electron chi connectivity index (χ1n) is 6.99. The Bertz CT molecular complexity index is 545. The number of benzene rings is 1. The number of nitrogens with one attached hydrogen (secondary N) is 1. The molecule has 0 fully saturated rings. The van der Waals surface area contributed by atoms with Gasteiger partial charge in [0.15, 0.2) is 0 Å². The molecule has 2 aromatic rings. The van der Waals surface area contributed by atoms with Crippen LogP contribution in [0.4, 0.5) is 0 Å². The van der Waals surface area contributed by atoms with Crippen molar-refractivity contribution in [2.75, 3.05) is 6.54 Å². The third-order valence-corrected chi connectivity index (χ3v) is 3.64. The zero-order chi connectivity index (χ0) is 13.8. The summed E-state index contributed by atoms with van der Waals surface area (Å²) in [5.41, 5.74) is 2.95. The number of aryl methyl sites for hydroxylation is 2. The molecule has 0 saturated heterocycles. The Morgan fingerprint density at radius 1 is 1.26 bits per heavy atom.